The predicted molar refractivity (Wildman–Crippen MR) is 78.4 cm³/mol. The van der Waals surface area contributed by atoms with Gasteiger partial charge in [-0.2, -0.15) is 8.78 Å². The second-order valence-corrected chi connectivity index (χ2v) is 5.43. The number of aromatic nitrogens is 1. The van der Waals surface area contributed by atoms with Gasteiger partial charge in [-0.25, -0.2) is 9.37 Å². The number of hydrogen-bond acceptors (Lipinski definition) is 3. The van der Waals surface area contributed by atoms with Gasteiger partial charge in [-0.05, 0) is 36.9 Å². The maximum atomic E-state index is 13.7. The molecule has 0 saturated heterocycles. The number of hydrogen-bond donors (Lipinski definition) is 1. The monoisotopic (exact) mass is 326 g/mol. The van der Waals surface area contributed by atoms with Crippen LogP contribution in [0.5, 0.6) is 0 Å². The first-order valence-electron chi connectivity index (χ1n) is 6.44. The van der Waals surface area contributed by atoms with Crippen molar-refractivity contribution >= 4 is 17.7 Å². The van der Waals surface area contributed by atoms with Crippen LogP contribution in [0.3, 0.4) is 0 Å². The third-order valence-electron chi connectivity index (χ3n) is 2.94. The first-order valence-corrected chi connectivity index (χ1v) is 7.32. The zero-order valence-electron chi connectivity index (χ0n) is 11.6. The van der Waals surface area contributed by atoms with E-state index in [0.717, 1.165) is 0 Å². The van der Waals surface area contributed by atoms with Crippen LogP contribution >= 0.6 is 11.8 Å². The highest BCUT2D eigenvalue weighted by atomic mass is 32.2. The smallest absolute Gasteiger partial charge is 0.290 e. The van der Waals surface area contributed by atoms with Crippen molar-refractivity contribution in [2.45, 2.75) is 23.7 Å². The van der Waals surface area contributed by atoms with Gasteiger partial charge in [0, 0.05) is 11.8 Å². The van der Waals surface area contributed by atoms with Gasteiger partial charge in [-0.15, -0.1) is 0 Å². The molecule has 7 heteroatoms. The minimum Gasteiger partial charge on any atom is -0.345 e. The highest BCUT2D eigenvalue weighted by Crippen LogP contribution is 2.26. The summed E-state index contributed by atoms with van der Waals surface area (Å²) in [5.41, 5.74) is 0.360. The lowest BCUT2D eigenvalue weighted by Crippen LogP contribution is -2.28. The van der Waals surface area contributed by atoms with E-state index in [-0.39, 0.29) is 22.4 Å². The SMILES string of the molecule is C[C@H](NC(=O)c1cccnc1SC(F)F)c1ccccc1F. The van der Waals surface area contributed by atoms with Crippen molar-refractivity contribution < 1.29 is 18.0 Å². The summed E-state index contributed by atoms with van der Waals surface area (Å²) in [5, 5.41) is 2.53. The molecular formula is C15H13F3N2OS. The Hall–Kier alpha value is -2.02. The number of amides is 1. The quantitative estimate of drug-likeness (QED) is 0.844. The Kier molecular flexibility index (Phi) is 5.43. The molecule has 1 heterocycles. The second kappa shape index (κ2) is 7.31. The second-order valence-electron chi connectivity index (χ2n) is 4.45. The van der Waals surface area contributed by atoms with Gasteiger partial charge in [0.2, 0.25) is 0 Å². The molecule has 116 valence electrons. The first kappa shape index (κ1) is 16.4. The highest BCUT2D eigenvalue weighted by Gasteiger charge is 2.19. The molecule has 3 nitrogen and oxygen atoms in total. The maximum Gasteiger partial charge on any atom is 0.290 e. The normalized spacial score (nSPS) is 12.2. The molecule has 0 bridgehead atoms. The van der Waals surface area contributed by atoms with Crippen LogP contribution in [0.25, 0.3) is 0 Å². The summed E-state index contributed by atoms with van der Waals surface area (Å²) in [4.78, 5) is 16.0. The molecular weight excluding hydrogens is 313 g/mol. The molecule has 22 heavy (non-hydrogen) atoms. The molecule has 1 N–H and O–H groups in total. The van der Waals surface area contributed by atoms with Crippen LogP contribution in [-0.4, -0.2) is 16.6 Å². The fourth-order valence-corrected chi connectivity index (χ4v) is 2.50. The van der Waals surface area contributed by atoms with E-state index in [2.05, 4.69) is 10.3 Å². The minimum atomic E-state index is -2.68. The van der Waals surface area contributed by atoms with E-state index in [1.54, 1.807) is 25.1 Å². The zero-order valence-corrected chi connectivity index (χ0v) is 12.4. The number of benzene rings is 1. The van der Waals surface area contributed by atoms with E-state index in [0.29, 0.717) is 5.56 Å². The van der Waals surface area contributed by atoms with Crippen molar-refractivity contribution in [2.75, 3.05) is 0 Å². The molecule has 1 aromatic heterocycles. The number of pyridine rings is 1. The molecule has 0 saturated carbocycles. The maximum absolute atomic E-state index is 13.7. The van der Waals surface area contributed by atoms with Crippen LogP contribution < -0.4 is 5.32 Å². The van der Waals surface area contributed by atoms with E-state index in [4.69, 9.17) is 0 Å². The van der Waals surface area contributed by atoms with E-state index in [9.17, 15) is 18.0 Å². The number of halogens is 3. The van der Waals surface area contributed by atoms with Gasteiger partial charge in [0.05, 0.1) is 11.6 Å². The van der Waals surface area contributed by atoms with Crippen molar-refractivity contribution in [3.05, 3.63) is 59.5 Å². The van der Waals surface area contributed by atoms with Crippen LogP contribution in [0.4, 0.5) is 13.2 Å². The van der Waals surface area contributed by atoms with Crippen LogP contribution in [0.2, 0.25) is 0 Å². The molecule has 0 spiro atoms. The molecule has 0 unspecified atom stereocenters. The van der Waals surface area contributed by atoms with Gasteiger partial charge in [-0.1, -0.05) is 18.2 Å². The molecule has 0 fully saturated rings. The molecule has 1 atom stereocenters. The molecule has 2 aromatic rings. The Morgan fingerprint density at radius 1 is 1.23 bits per heavy atom. The third kappa shape index (κ3) is 4.00. The molecule has 0 aliphatic carbocycles. The van der Waals surface area contributed by atoms with Gasteiger partial charge >= 0.3 is 0 Å². The minimum absolute atomic E-state index is 0.0380. The average molecular weight is 326 g/mol. The molecule has 0 aliphatic rings. The van der Waals surface area contributed by atoms with Gasteiger partial charge in [0.15, 0.2) is 0 Å². The number of nitrogens with one attached hydrogen (secondary N) is 1. The number of rotatable bonds is 5. The van der Waals surface area contributed by atoms with Crippen LogP contribution in [0.15, 0.2) is 47.6 Å². The van der Waals surface area contributed by atoms with Gasteiger partial charge < -0.3 is 5.32 Å². The fourth-order valence-electron chi connectivity index (χ4n) is 1.92. The standard InChI is InChI=1S/C15H13F3N2OS/c1-9(10-5-2-3-7-12(10)16)20-13(21)11-6-4-8-19-14(11)22-15(17)18/h2-9,15H,1H3,(H,20,21)/t9-/m0/s1. The Morgan fingerprint density at radius 2 is 1.95 bits per heavy atom. The van der Waals surface area contributed by atoms with Crippen molar-refractivity contribution in [3.8, 4) is 0 Å². The lowest BCUT2D eigenvalue weighted by molar-refractivity contribution is 0.0935. The van der Waals surface area contributed by atoms with Gasteiger partial charge in [0.25, 0.3) is 11.7 Å². The summed E-state index contributed by atoms with van der Waals surface area (Å²) in [6.45, 7) is 1.62. The number of carbonyl (C=O) groups is 1. The summed E-state index contributed by atoms with van der Waals surface area (Å²) in [6, 6.07) is 8.34. The Bertz CT molecular complexity index is 667. The Labute approximate surface area is 129 Å². The lowest BCUT2D eigenvalue weighted by atomic mass is 10.1. The fraction of sp³-hybridized carbons (Fsp3) is 0.200. The van der Waals surface area contributed by atoms with Crippen molar-refractivity contribution in [1.29, 1.82) is 0 Å². The van der Waals surface area contributed by atoms with Crippen LogP contribution in [0.1, 0.15) is 28.9 Å². The number of alkyl halides is 2. The third-order valence-corrected chi connectivity index (χ3v) is 3.66. The van der Waals surface area contributed by atoms with Crippen molar-refractivity contribution in [2.24, 2.45) is 0 Å². The summed E-state index contributed by atoms with van der Waals surface area (Å²) >= 11 is 0.200. The Balaban J connectivity index is 2.17. The van der Waals surface area contributed by atoms with E-state index in [1.165, 1.54) is 24.4 Å². The number of nitrogens with zero attached hydrogens (tertiary/aromatic N) is 1. The topological polar surface area (TPSA) is 42.0 Å². The lowest BCUT2D eigenvalue weighted by Gasteiger charge is -2.16. The Morgan fingerprint density at radius 3 is 2.64 bits per heavy atom. The summed E-state index contributed by atoms with van der Waals surface area (Å²) in [6.07, 6.45) is 1.34. The van der Waals surface area contributed by atoms with Gasteiger partial charge in [0.1, 0.15) is 10.8 Å². The largest absolute Gasteiger partial charge is 0.345 e. The number of carbonyl (C=O) groups excluding carboxylic acids is 1. The van der Waals surface area contributed by atoms with Gasteiger partial charge in [-0.3, -0.25) is 4.79 Å². The first-order chi connectivity index (χ1) is 10.5. The molecule has 1 amide bonds. The van der Waals surface area contributed by atoms with E-state index >= 15 is 0 Å². The molecule has 0 radical (unpaired) electrons. The summed E-state index contributed by atoms with van der Waals surface area (Å²) in [7, 11) is 0. The highest BCUT2D eigenvalue weighted by molar-refractivity contribution is 7.99. The van der Waals surface area contributed by atoms with Crippen LogP contribution in [-0.2, 0) is 0 Å². The molecule has 0 aliphatic heterocycles. The zero-order chi connectivity index (χ0) is 16.1. The van der Waals surface area contributed by atoms with E-state index < -0.39 is 23.5 Å². The average Bonchev–Trinajstić information content (AvgIpc) is 2.47. The van der Waals surface area contributed by atoms with Crippen molar-refractivity contribution in [1.82, 2.24) is 10.3 Å². The van der Waals surface area contributed by atoms with E-state index in [1.807, 2.05) is 0 Å². The van der Waals surface area contributed by atoms with Crippen molar-refractivity contribution in [3.63, 3.8) is 0 Å². The summed E-state index contributed by atoms with van der Waals surface area (Å²) < 4.78 is 38.6. The molecule has 1 aromatic carbocycles. The number of thioether (sulfide) groups is 1. The molecule has 2 rings (SSSR count). The van der Waals surface area contributed by atoms with Crippen LogP contribution in [0, 0.1) is 5.82 Å². The summed E-state index contributed by atoms with van der Waals surface area (Å²) in [5.74, 6) is -3.69. The predicted octanol–water partition coefficient (Wildman–Crippen LogP) is 4.03.